The summed E-state index contributed by atoms with van der Waals surface area (Å²) in [6, 6.07) is 5.39. The molecule has 0 amide bonds. The Bertz CT molecular complexity index is 436. The lowest BCUT2D eigenvalue weighted by molar-refractivity contribution is 0.111. The Labute approximate surface area is 77.2 Å². The van der Waals surface area contributed by atoms with Crippen LogP contribution in [0.25, 0.3) is 5.65 Å². The van der Waals surface area contributed by atoms with Crippen LogP contribution in [0.3, 0.4) is 0 Å². The number of pyridine rings is 1. The molecule has 0 unspecified atom stereocenters. The second-order valence-corrected chi connectivity index (χ2v) is 3.16. The number of hydrogen-bond donors (Lipinski definition) is 0. The largest absolute Gasteiger partial charge is 0.296 e. The van der Waals surface area contributed by atoms with Crippen molar-refractivity contribution >= 4 is 27.9 Å². The minimum Gasteiger partial charge on any atom is -0.296 e. The predicted molar refractivity (Wildman–Crippen MR) is 48.3 cm³/mol. The standard InChI is InChI=1S/C8H5BrN2O/c9-7-4-10-8-3-1-2-6(5-12)11(7)8/h1-5H. The number of imidazole rings is 1. The maximum Gasteiger partial charge on any atom is 0.166 e. The highest BCUT2D eigenvalue weighted by Gasteiger charge is 2.02. The number of carbonyl (C=O) groups excluding carboxylic acids is 1. The van der Waals surface area contributed by atoms with Gasteiger partial charge in [0.1, 0.15) is 10.3 Å². The monoisotopic (exact) mass is 224 g/mol. The van der Waals surface area contributed by atoms with Gasteiger partial charge in [0.25, 0.3) is 0 Å². The highest BCUT2D eigenvalue weighted by molar-refractivity contribution is 9.10. The Balaban J connectivity index is 2.93. The molecule has 0 atom stereocenters. The summed E-state index contributed by atoms with van der Waals surface area (Å²) < 4.78 is 2.53. The molecule has 3 nitrogen and oxygen atoms in total. The first-order valence-corrected chi connectivity index (χ1v) is 4.19. The molecule has 0 saturated heterocycles. The first-order valence-electron chi connectivity index (χ1n) is 3.40. The van der Waals surface area contributed by atoms with E-state index >= 15 is 0 Å². The van der Waals surface area contributed by atoms with Gasteiger partial charge in [-0.25, -0.2) is 4.98 Å². The third kappa shape index (κ3) is 0.956. The van der Waals surface area contributed by atoms with Gasteiger partial charge < -0.3 is 0 Å². The highest BCUT2D eigenvalue weighted by atomic mass is 79.9. The van der Waals surface area contributed by atoms with Crippen molar-refractivity contribution in [1.29, 1.82) is 0 Å². The molecule has 60 valence electrons. The van der Waals surface area contributed by atoms with E-state index < -0.39 is 0 Å². The van der Waals surface area contributed by atoms with E-state index in [1.54, 1.807) is 22.7 Å². The van der Waals surface area contributed by atoms with Gasteiger partial charge in [0, 0.05) is 0 Å². The van der Waals surface area contributed by atoms with Crippen LogP contribution in [0.15, 0.2) is 29.0 Å². The van der Waals surface area contributed by atoms with Crippen LogP contribution in [0.4, 0.5) is 0 Å². The van der Waals surface area contributed by atoms with Gasteiger partial charge in [-0.15, -0.1) is 0 Å². The summed E-state index contributed by atoms with van der Waals surface area (Å²) >= 11 is 3.30. The van der Waals surface area contributed by atoms with Gasteiger partial charge >= 0.3 is 0 Å². The fourth-order valence-electron chi connectivity index (χ4n) is 1.12. The van der Waals surface area contributed by atoms with Crippen molar-refractivity contribution in [2.75, 3.05) is 0 Å². The van der Waals surface area contributed by atoms with Crippen molar-refractivity contribution in [3.05, 3.63) is 34.7 Å². The minimum atomic E-state index is 0.594. The molecule has 2 aromatic rings. The van der Waals surface area contributed by atoms with E-state index in [4.69, 9.17) is 0 Å². The van der Waals surface area contributed by atoms with Gasteiger partial charge in [0.15, 0.2) is 6.29 Å². The van der Waals surface area contributed by atoms with E-state index in [9.17, 15) is 4.79 Å². The van der Waals surface area contributed by atoms with E-state index in [1.807, 2.05) is 6.07 Å². The Morgan fingerprint density at radius 3 is 3.08 bits per heavy atom. The Morgan fingerprint density at radius 1 is 1.50 bits per heavy atom. The van der Waals surface area contributed by atoms with Crippen LogP contribution in [0.5, 0.6) is 0 Å². The van der Waals surface area contributed by atoms with Crippen molar-refractivity contribution in [3.8, 4) is 0 Å². The summed E-state index contributed by atoms with van der Waals surface area (Å²) in [6.07, 6.45) is 2.47. The van der Waals surface area contributed by atoms with E-state index in [-0.39, 0.29) is 0 Å². The molecule has 0 bridgehead atoms. The van der Waals surface area contributed by atoms with Crippen LogP contribution in [0, 0.1) is 0 Å². The van der Waals surface area contributed by atoms with Gasteiger partial charge in [-0.2, -0.15) is 0 Å². The van der Waals surface area contributed by atoms with Gasteiger partial charge in [0.2, 0.25) is 0 Å². The average molecular weight is 225 g/mol. The lowest BCUT2D eigenvalue weighted by atomic mass is 10.4. The number of rotatable bonds is 1. The van der Waals surface area contributed by atoms with E-state index in [0.29, 0.717) is 5.69 Å². The molecule has 0 aliphatic carbocycles. The maximum absolute atomic E-state index is 10.6. The first kappa shape index (κ1) is 7.49. The van der Waals surface area contributed by atoms with Gasteiger partial charge in [-0.3, -0.25) is 9.20 Å². The molecule has 0 aliphatic heterocycles. The molecule has 12 heavy (non-hydrogen) atoms. The summed E-state index contributed by atoms with van der Waals surface area (Å²) in [5.74, 6) is 0. The van der Waals surface area contributed by atoms with Crippen LogP contribution < -0.4 is 0 Å². The lowest BCUT2D eigenvalue weighted by Gasteiger charge is -1.97. The number of aromatic nitrogens is 2. The zero-order valence-corrected chi connectivity index (χ0v) is 7.65. The zero-order chi connectivity index (χ0) is 8.55. The van der Waals surface area contributed by atoms with Crippen LogP contribution >= 0.6 is 15.9 Å². The van der Waals surface area contributed by atoms with Crippen LogP contribution in [0.2, 0.25) is 0 Å². The van der Waals surface area contributed by atoms with E-state index in [1.165, 1.54) is 0 Å². The van der Waals surface area contributed by atoms with Gasteiger partial charge in [-0.1, -0.05) is 6.07 Å². The molecule has 2 rings (SSSR count). The fraction of sp³-hybridized carbons (Fsp3) is 0. The van der Waals surface area contributed by atoms with E-state index in [0.717, 1.165) is 16.5 Å². The van der Waals surface area contributed by atoms with Crippen LogP contribution in [-0.2, 0) is 0 Å². The molecule has 0 saturated carbocycles. The molecule has 4 heteroatoms. The number of carbonyl (C=O) groups is 1. The number of aldehydes is 1. The first-order chi connectivity index (χ1) is 5.83. The smallest absolute Gasteiger partial charge is 0.166 e. The lowest BCUT2D eigenvalue weighted by Crippen LogP contribution is -1.93. The quantitative estimate of drug-likeness (QED) is 0.694. The Morgan fingerprint density at radius 2 is 2.33 bits per heavy atom. The summed E-state index contributed by atoms with van der Waals surface area (Å²) in [5.41, 5.74) is 1.36. The Hall–Kier alpha value is -1.16. The summed E-state index contributed by atoms with van der Waals surface area (Å²) in [7, 11) is 0. The topological polar surface area (TPSA) is 34.4 Å². The molecule has 2 aromatic heterocycles. The van der Waals surface area contributed by atoms with Crippen molar-refractivity contribution < 1.29 is 4.79 Å². The van der Waals surface area contributed by atoms with E-state index in [2.05, 4.69) is 20.9 Å². The number of fused-ring (bicyclic) bond motifs is 1. The third-order valence-electron chi connectivity index (χ3n) is 1.64. The predicted octanol–water partition coefficient (Wildman–Crippen LogP) is 1.91. The molecule has 0 N–H and O–H groups in total. The second kappa shape index (κ2) is 2.71. The minimum absolute atomic E-state index is 0.594. The molecule has 0 aromatic carbocycles. The summed E-state index contributed by atoms with van der Waals surface area (Å²) in [4.78, 5) is 14.7. The van der Waals surface area contributed by atoms with Crippen molar-refractivity contribution in [3.63, 3.8) is 0 Å². The highest BCUT2D eigenvalue weighted by Crippen LogP contribution is 2.14. The summed E-state index contributed by atoms with van der Waals surface area (Å²) in [6.45, 7) is 0. The Kier molecular flexibility index (Phi) is 1.69. The number of hydrogen-bond acceptors (Lipinski definition) is 2. The normalized spacial score (nSPS) is 10.4. The second-order valence-electron chi connectivity index (χ2n) is 2.34. The molecule has 0 aliphatic rings. The van der Waals surface area contributed by atoms with Crippen molar-refractivity contribution in [2.45, 2.75) is 0 Å². The van der Waals surface area contributed by atoms with Gasteiger partial charge in [-0.05, 0) is 28.1 Å². The molecule has 0 spiro atoms. The zero-order valence-electron chi connectivity index (χ0n) is 6.07. The molecular formula is C8H5BrN2O. The molecule has 2 heterocycles. The number of halogens is 1. The van der Waals surface area contributed by atoms with Gasteiger partial charge in [0.05, 0.1) is 11.9 Å². The fourth-order valence-corrected chi connectivity index (χ4v) is 1.61. The van der Waals surface area contributed by atoms with Crippen LogP contribution in [0.1, 0.15) is 10.5 Å². The molecule has 0 fully saturated rings. The number of nitrogens with zero attached hydrogens (tertiary/aromatic N) is 2. The maximum atomic E-state index is 10.6. The molecule has 0 radical (unpaired) electrons. The van der Waals surface area contributed by atoms with Crippen molar-refractivity contribution in [1.82, 2.24) is 9.38 Å². The van der Waals surface area contributed by atoms with Crippen LogP contribution in [-0.4, -0.2) is 15.7 Å². The van der Waals surface area contributed by atoms with Crippen molar-refractivity contribution in [2.24, 2.45) is 0 Å². The average Bonchev–Trinajstić information content (AvgIpc) is 2.48. The summed E-state index contributed by atoms with van der Waals surface area (Å²) in [5, 5.41) is 0. The SMILES string of the molecule is O=Cc1cccc2ncc(Br)n12. The molecular weight excluding hydrogens is 220 g/mol. The third-order valence-corrected chi connectivity index (χ3v) is 2.20.